The van der Waals surface area contributed by atoms with Crippen LogP contribution in [0.5, 0.6) is 5.88 Å². The van der Waals surface area contributed by atoms with Crippen LogP contribution in [0.4, 0.5) is 24.2 Å². The first kappa shape index (κ1) is 28.0. The maximum absolute atomic E-state index is 14.0. The van der Waals surface area contributed by atoms with Gasteiger partial charge in [-0.25, -0.2) is 23.1 Å². The summed E-state index contributed by atoms with van der Waals surface area (Å²) in [7, 11) is 4.72. The molecule has 0 radical (unpaired) electrons. The summed E-state index contributed by atoms with van der Waals surface area (Å²) < 4.78 is 39.7. The van der Waals surface area contributed by atoms with E-state index in [-0.39, 0.29) is 11.8 Å². The lowest BCUT2D eigenvalue weighted by Gasteiger charge is -2.21. The lowest BCUT2D eigenvalue weighted by Crippen LogP contribution is -2.42. The zero-order valence-corrected chi connectivity index (χ0v) is 22.3. The van der Waals surface area contributed by atoms with Crippen molar-refractivity contribution in [2.45, 2.75) is 18.9 Å². The number of carbonyl (C=O) groups excluding carboxylic acids is 2. The lowest BCUT2D eigenvalue weighted by molar-refractivity contribution is 0.159. The highest BCUT2D eigenvalue weighted by Gasteiger charge is 2.35. The first-order valence-electron chi connectivity index (χ1n) is 12.5. The van der Waals surface area contributed by atoms with E-state index in [1.54, 1.807) is 40.3 Å². The third-order valence-corrected chi connectivity index (χ3v) is 6.56. The van der Waals surface area contributed by atoms with Gasteiger partial charge in [0.1, 0.15) is 5.82 Å². The smallest absolute Gasteiger partial charge is 0.389 e. The van der Waals surface area contributed by atoms with Crippen LogP contribution >= 0.6 is 0 Å². The monoisotopic (exact) mass is 542 g/mol. The Balaban J connectivity index is 1.58. The van der Waals surface area contributed by atoms with Crippen molar-refractivity contribution in [1.29, 1.82) is 0 Å². The molecule has 0 unspecified atom stereocenters. The van der Waals surface area contributed by atoms with Crippen molar-refractivity contribution >= 4 is 17.9 Å². The third kappa shape index (κ3) is 6.52. The largest absolute Gasteiger partial charge is 0.416 e. The van der Waals surface area contributed by atoms with Crippen molar-refractivity contribution in [1.82, 2.24) is 24.9 Å². The maximum Gasteiger partial charge on any atom is 0.416 e. The molecule has 4 rings (SSSR count). The third-order valence-electron chi connectivity index (χ3n) is 6.56. The van der Waals surface area contributed by atoms with Gasteiger partial charge in [-0.2, -0.15) is 0 Å². The maximum atomic E-state index is 14.0. The number of amides is 3. The molecular weight excluding hydrogens is 510 g/mol. The highest BCUT2D eigenvalue weighted by Crippen LogP contribution is 2.31. The molecule has 1 saturated heterocycles. The number of hydrogen-bond acceptors (Lipinski definition) is 6. The van der Waals surface area contributed by atoms with E-state index in [2.05, 4.69) is 20.6 Å². The molecule has 208 valence electrons. The number of para-hydroxylation sites is 1. The Morgan fingerprint density at radius 3 is 2.51 bits per heavy atom. The zero-order chi connectivity index (χ0) is 28.1. The summed E-state index contributed by atoms with van der Waals surface area (Å²) in [6.07, 6.45) is -0.608. The summed E-state index contributed by atoms with van der Waals surface area (Å²) in [5.41, 5.74) is 1.69. The van der Waals surface area contributed by atoms with E-state index in [0.717, 1.165) is 6.07 Å². The normalized spacial score (nSPS) is 17.2. The molecule has 2 atom stereocenters. The number of halogens is 2. The molecule has 2 aromatic carbocycles. The SMILES string of the molecule is COCCN1C[C@@H](NC(=O)Nc2c(C)c(OC(=O)N(C)C)nn2-c2ccccc2)[C@H](c2ccc(F)c(F)c2)C1. The van der Waals surface area contributed by atoms with Gasteiger partial charge in [-0.15, -0.1) is 5.10 Å². The average molecular weight is 543 g/mol. The second-order valence-corrected chi connectivity index (χ2v) is 9.53. The minimum atomic E-state index is -0.937. The lowest BCUT2D eigenvalue weighted by atomic mass is 9.94. The Kier molecular flexibility index (Phi) is 8.77. The van der Waals surface area contributed by atoms with Gasteiger partial charge in [0, 0.05) is 46.8 Å². The van der Waals surface area contributed by atoms with E-state index in [4.69, 9.17) is 9.47 Å². The number of carbonyl (C=O) groups is 2. The van der Waals surface area contributed by atoms with E-state index in [1.807, 2.05) is 18.2 Å². The molecule has 39 heavy (non-hydrogen) atoms. The fraction of sp³-hybridized carbons (Fsp3) is 0.370. The molecule has 3 amide bonds. The van der Waals surface area contributed by atoms with Crippen LogP contribution in [0.1, 0.15) is 17.0 Å². The van der Waals surface area contributed by atoms with Gasteiger partial charge in [0.05, 0.1) is 23.9 Å². The van der Waals surface area contributed by atoms with Crippen molar-refractivity contribution in [2.75, 3.05) is 52.8 Å². The molecule has 0 aliphatic carbocycles. The van der Waals surface area contributed by atoms with Gasteiger partial charge >= 0.3 is 12.1 Å². The van der Waals surface area contributed by atoms with Crippen molar-refractivity contribution in [2.24, 2.45) is 0 Å². The summed E-state index contributed by atoms with van der Waals surface area (Å²) in [6.45, 7) is 3.82. The van der Waals surface area contributed by atoms with Gasteiger partial charge in [-0.05, 0) is 36.8 Å². The van der Waals surface area contributed by atoms with Crippen LogP contribution < -0.4 is 15.4 Å². The number of aromatic nitrogens is 2. The molecule has 0 bridgehead atoms. The first-order valence-corrected chi connectivity index (χ1v) is 12.5. The molecule has 1 aromatic heterocycles. The first-order chi connectivity index (χ1) is 18.7. The molecule has 12 heteroatoms. The number of anilines is 1. The van der Waals surface area contributed by atoms with Crippen LogP contribution in [0.25, 0.3) is 5.69 Å². The predicted molar refractivity (Wildman–Crippen MR) is 141 cm³/mol. The van der Waals surface area contributed by atoms with Gasteiger partial charge in [-0.1, -0.05) is 24.3 Å². The summed E-state index contributed by atoms with van der Waals surface area (Å²) in [4.78, 5) is 28.9. The van der Waals surface area contributed by atoms with Crippen molar-refractivity contribution < 1.29 is 27.8 Å². The number of benzene rings is 2. The van der Waals surface area contributed by atoms with Crippen LogP contribution in [-0.4, -0.2) is 85.2 Å². The summed E-state index contributed by atoms with van der Waals surface area (Å²) in [5, 5.41) is 10.2. The Hall–Kier alpha value is -4.03. The van der Waals surface area contributed by atoms with Crippen LogP contribution in [0, 0.1) is 18.6 Å². The molecule has 0 spiro atoms. The number of hydrogen-bond donors (Lipinski definition) is 2. The highest BCUT2D eigenvalue weighted by molar-refractivity contribution is 5.90. The standard InChI is InChI=1S/C27H32F2N6O4/c1-17-24(35(19-8-6-5-7-9-19)32-25(17)39-27(37)33(2)3)31-26(36)30-23-16-34(12-13-38-4)15-20(23)18-10-11-21(28)22(29)14-18/h5-11,14,20,23H,12-13,15-16H2,1-4H3,(H2,30,31,36)/t20-,23+/m0/s1. The van der Waals surface area contributed by atoms with E-state index in [1.165, 1.54) is 21.7 Å². The van der Waals surface area contributed by atoms with E-state index in [9.17, 15) is 18.4 Å². The van der Waals surface area contributed by atoms with Crippen molar-refractivity contribution in [3.63, 3.8) is 0 Å². The molecule has 0 saturated carbocycles. The van der Waals surface area contributed by atoms with Crippen molar-refractivity contribution in [3.05, 3.63) is 71.3 Å². The highest BCUT2D eigenvalue weighted by atomic mass is 19.2. The Bertz CT molecular complexity index is 1320. The molecular formula is C27H32F2N6O4. The summed E-state index contributed by atoms with van der Waals surface area (Å²) in [5.74, 6) is -1.77. The van der Waals surface area contributed by atoms with E-state index in [0.29, 0.717) is 48.9 Å². The van der Waals surface area contributed by atoms with Gasteiger partial charge in [0.15, 0.2) is 11.6 Å². The number of nitrogens with zero attached hydrogens (tertiary/aromatic N) is 4. The topological polar surface area (TPSA) is 101 Å². The number of urea groups is 1. The Morgan fingerprint density at radius 2 is 1.85 bits per heavy atom. The van der Waals surface area contributed by atoms with Gasteiger partial charge in [-0.3, -0.25) is 10.2 Å². The number of rotatable bonds is 8. The molecule has 1 aliphatic rings. The second-order valence-electron chi connectivity index (χ2n) is 9.53. The molecule has 1 fully saturated rings. The van der Waals surface area contributed by atoms with Crippen molar-refractivity contribution in [3.8, 4) is 11.6 Å². The fourth-order valence-corrected chi connectivity index (χ4v) is 4.48. The molecule has 10 nitrogen and oxygen atoms in total. The number of ether oxygens (including phenoxy) is 2. The number of likely N-dealkylation sites (tertiary alicyclic amines) is 1. The Morgan fingerprint density at radius 1 is 1.10 bits per heavy atom. The van der Waals surface area contributed by atoms with E-state index >= 15 is 0 Å². The summed E-state index contributed by atoms with van der Waals surface area (Å²) >= 11 is 0. The van der Waals surface area contributed by atoms with Crippen LogP contribution in [0.15, 0.2) is 48.5 Å². The van der Waals surface area contributed by atoms with Crippen LogP contribution in [0.3, 0.4) is 0 Å². The Labute approximate surface area is 225 Å². The summed E-state index contributed by atoms with van der Waals surface area (Å²) in [6, 6.07) is 12.0. The number of nitrogens with one attached hydrogen (secondary N) is 2. The van der Waals surface area contributed by atoms with Gasteiger partial charge < -0.3 is 19.7 Å². The zero-order valence-electron chi connectivity index (χ0n) is 22.3. The predicted octanol–water partition coefficient (Wildman–Crippen LogP) is 3.76. The minimum absolute atomic E-state index is 0.0547. The quantitative estimate of drug-likeness (QED) is 0.450. The molecule has 2 heterocycles. The fourth-order valence-electron chi connectivity index (χ4n) is 4.48. The molecule has 2 N–H and O–H groups in total. The van der Waals surface area contributed by atoms with Gasteiger partial charge in [0.2, 0.25) is 5.88 Å². The minimum Gasteiger partial charge on any atom is -0.389 e. The van der Waals surface area contributed by atoms with Crippen LogP contribution in [0.2, 0.25) is 0 Å². The molecule has 3 aromatic rings. The second kappa shape index (κ2) is 12.2. The average Bonchev–Trinajstić information content (AvgIpc) is 3.45. The van der Waals surface area contributed by atoms with Crippen LogP contribution in [-0.2, 0) is 4.74 Å². The number of methoxy groups -OCH3 is 1. The molecule has 1 aliphatic heterocycles. The van der Waals surface area contributed by atoms with E-state index < -0.39 is 29.8 Å². The van der Waals surface area contributed by atoms with Gasteiger partial charge in [0.25, 0.3) is 0 Å².